The van der Waals surface area contributed by atoms with Gasteiger partial charge in [0.2, 0.25) is 0 Å². The molecule has 4 nitrogen and oxygen atoms in total. The van der Waals surface area contributed by atoms with E-state index in [1.807, 2.05) is 0 Å². The molecule has 0 aromatic heterocycles. The third-order valence-electron chi connectivity index (χ3n) is 3.01. The van der Waals surface area contributed by atoms with Crippen LogP contribution in [-0.2, 0) is 10.1 Å². The normalized spacial score (nSPS) is 21.8. The number of piperidine rings is 1. The molecule has 1 unspecified atom stereocenters. The van der Waals surface area contributed by atoms with Gasteiger partial charge in [-0.2, -0.15) is 8.42 Å². The molecular weight excluding hydrogens is 238 g/mol. The summed E-state index contributed by atoms with van der Waals surface area (Å²) in [5, 5.41) is 0. The van der Waals surface area contributed by atoms with E-state index in [2.05, 4.69) is 18.7 Å². The van der Waals surface area contributed by atoms with Gasteiger partial charge in [0.25, 0.3) is 10.1 Å². The van der Waals surface area contributed by atoms with Gasteiger partial charge in [0, 0.05) is 6.54 Å². The maximum absolute atomic E-state index is 9.19. The molecule has 1 aliphatic heterocycles. The maximum atomic E-state index is 9.19. The van der Waals surface area contributed by atoms with Crippen molar-refractivity contribution in [2.45, 2.75) is 46.0 Å². The third kappa shape index (κ3) is 12.1. The van der Waals surface area contributed by atoms with Crippen molar-refractivity contribution in [3.05, 3.63) is 0 Å². The highest BCUT2D eigenvalue weighted by Gasteiger charge is 2.17. The highest BCUT2D eigenvalue weighted by Crippen LogP contribution is 2.19. The van der Waals surface area contributed by atoms with Gasteiger partial charge in [0.15, 0.2) is 0 Å². The largest absolute Gasteiger partial charge is 0.303 e. The topological polar surface area (TPSA) is 57.6 Å². The summed E-state index contributed by atoms with van der Waals surface area (Å²) < 4.78 is 25.9. The summed E-state index contributed by atoms with van der Waals surface area (Å²) >= 11 is 0. The lowest BCUT2D eigenvalue weighted by molar-refractivity contribution is 0.170. The molecule has 1 atom stereocenters. The molecule has 1 fully saturated rings. The van der Waals surface area contributed by atoms with Gasteiger partial charge < -0.3 is 4.90 Å². The molecule has 0 radical (unpaired) electrons. The fourth-order valence-corrected chi connectivity index (χ4v) is 2.07. The van der Waals surface area contributed by atoms with Crippen molar-refractivity contribution in [1.29, 1.82) is 0 Å². The molecule has 0 aromatic rings. The Morgan fingerprint density at radius 1 is 1.35 bits per heavy atom. The van der Waals surface area contributed by atoms with Crippen molar-refractivity contribution < 1.29 is 13.0 Å². The van der Waals surface area contributed by atoms with Crippen LogP contribution < -0.4 is 0 Å². The van der Waals surface area contributed by atoms with Crippen molar-refractivity contribution in [2.24, 2.45) is 5.92 Å². The van der Waals surface area contributed by atoms with Crippen LogP contribution in [0.4, 0.5) is 0 Å². The standard InChI is InChI=1S/C11H23N.CH4O3S/c1-3-5-8-12-9-6-7-11(4-2)10-12;1-5(2,3)4/h11H,3-10H2,1-2H3;1H3,(H,2,3,4). The van der Waals surface area contributed by atoms with Gasteiger partial charge in [-0.15, -0.1) is 0 Å². The molecule has 0 aromatic carbocycles. The lowest BCUT2D eigenvalue weighted by Crippen LogP contribution is -2.35. The summed E-state index contributed by atoms with van der Waals surface area (Å²) in [6.07, 6.45) is 7.72. The van der Waals surface area contributed by atoms with Crippen molar-refractivity contribution in [3.8, 4) is 0 Å². The molecule has 1 N–H and O–H groups in total. The van der Waals surface area contributed by atoms with E-state index in [-0.39, 0.29) is 0 Å². The smallest absolute Gasteiger partial charge is 0.261 e. The van der Waals surface area contributed by atoms with Crippen LogP contribution in [0.15, 0.2) is 0 Å². The number of nitrogens with zero attached hydrogens (tertiary/aromatic N) is 1. The molecule has 5 heteroatoms. The Morgan fingerprint density at radius 3 is 2.41 bits per heavy atom. The summed E-state index contributed by atoms with van der Waals surface area (Å²) in [6, 6.07) is 0. The van der Waals surface area contributed by atoms with Gasteiger partial charge in [0.05, 0.1) is 6.26 Å². The molecule has 0 aliphatic carbocycles. The second-order valence-corrected chi connectivity index (χ2v) is 6.27. The average molecular weight is 265 g/mol. The minimum Gasteiger partial charge on any atom is -0.303 e. The highest BCUT2D eigenvalue weighted by atomic mass is 32.2. The van der Waals surface area contributed by atoms with E-state index in [9.17, 15) is 8.42 Å². The molecule has 0 bridgehead atoms. The van der Waals surface area contributed by atoms with E-state index < -0.39 is 10.1 Å². The lowest BCUT2D eigenvalue weighted by atomic mass is 9.95. The molecule has 1 saturated heterocycles. The lowest BCUT2D eigenvalue weighted by Gasteiger charge is -2.32. The van der Waals surface area contributed by atoms with Gasteiger partial charge in [-0.3, -0.25) is 4.55 Å². The molecule has 1 rings (SSSR count). The average Bonchev–Trinajstić information content (AvgIpc) is 2.24. The Balaban J connectivity index is 0.000000437. The number of hydrogen-bond donors (Lipinski definition) is 1. The zero-order valence-electron chi connectivity index (χ0n) is 11.4. The van der Waals surface area contributed by atoms with Crippen LogP contribution in [0.1, 0.15) is 46.0 Å². The Labute approximate surface area is 106 Å². The number of likely N-dealkylation sites (tertiary alicyclic amines) is 1. The Kier molecular flexibility index (Phi) is 8.82. The van der Waals surface area contributed by atoms with Gasteiger partial charge in [-0.1, -0.05) is 26.7 Å². The number of rotatable bonds is 4. The zero-order chi connectivity index (χ0) is 13.3. The monoisotopic (exact) mass is 265 g/mol. The first-order valence-electron chi connectivity index (χ1n) is 6.51. The van der Waals surface area contributed by atoms with Crippen LogP contribution in [0, 0.1) is 5.92 Å². The summed E-state index contributed by atoms with van der Waals surface area (Å²) in [5.41, 5.74) is 0. The minimum atomic E-state index is -3.67. The Morgan fingerprint density at radius 2 is 1.94 bits per heavy atom. The predicted octanol–water partition coefficient (Wildman–Crippen LogP) is 2.41. The molecule has 104 valence electrons. The van der Waals surface area contributed by atoms with Crippen molar-refractivity contribution in [2.75, 3.05) is 25.9 Å². The van der Waals surface area contributed by atoms with Crippen LogP contribution in [0.3, 0.4) is 0 Å². The fourth-order valence-electron chi connectivity index (χ4n) is 2.07. The summed E-state index contributed by atoms with van der Waals surface area (Å²) in [7, 11) is -3.67. The molecule has 0 amide bonds. The van der Waals surface area contributed by atoms with E-state index in [4.69, 9.17) is 4.55 Å². The first-order chi connectivity index (χ1) is 7.86. The van der Waals surface area contributed by atoms with E-state index in [1.165, 1.54) is 51.7 Å². The van der Waals surface area contributed by atoms with Crippen molar-refractivity contribution in [1.82, 2.24) is 4.90 Å². The van der Waals surface area contributed by atoms with Gasteiger partial charge in [-0.05, 0) is 38.3 Å². The predicted molar refractivity (Wildman–Crippen MR) is 71.8 cm³/mol. The second kappa shape index (κ2) is 8.89. The zero-order valence-corrected chi connectivity index (χ0v) is 12.2. The summed E-state index contributed by atoms with van der Waals surface area (Å²) in [4.78, 5) is 2.65. The molecule has 1 heterocycles. The molecule has 0 saturated carbocycles. The Hall–Kier alpha value is -0.130. The van der Waals surface area contributed by atoms with Crippen LogP contribution in [0.2, 0.25) is 0 Å². The number of hydrogen-bond acceptors (Lipinski definition) is 3. The molecule has 0 spiro atoms. The fraction of sp³-hybridized carbons (Fsp3) is 1.00. The van der Waals surface area contributed by atoms with E-state index in [1.54, 1.807) is 0 Å². The number of unbranched alkanes of at least 4 members (excludes halogenated alkanes) is 1. The van der Waals surface area contributed by atoms with Crippen LogP contribution >= 0.6 is 0 Å². The first kappa shape index (κ1) is 16.9. The highest BCUT2D eigenvalue weighted by molar-refractivity contribution is 7.85. The van der Waals surface area contributed by atoms with Crippen LogP contribution in [0.5, 0.6) is 0 Å². The summed E-state index contributed by atoms with van der Waals surface area (Å²) in [5.74, 6) is 0.996. The molecule has 1 aliphatic rings. The third-order valence-corrected chi connectivity index (χ3v) is 3.01. The second-order valence-electron chi connectivity index (χ2n) is 4.80. The summed E-state index contributed by atoms with van der Waals surface area (Å²) in [6.45, 7) is 8.68. The first-order valence-corrected chi connectivity index (χ1v) is 8.36. The van der Waals surface area contributed by atoms with Crippen LogP contribution in [-0.4, -0.2) is 43.8 Å². The van der Waals surface area contributed by atoms with Crippen molar-refractivity contribution in [3.63, 3.8) is 0 Å². The van der Waals surface area contributed by atoms with E-state index >= 15 is 0 Å². The quantitative estimate of drug-likeness (QED) is 0.793. The minimum absolute atomic E-state index is 0.715. The van der Waals surface area contributed by atoms with E-state index in [0.717, 1.165) is 5.92 Å². The van der Waals surface area contributed by atoms with E-state index in [0.29, 0.717) is 6.26 Å². The van der Waals surface area contributed by atoms with Crippen LogP contribution in [0.25, 0.3) is 0 Å². The maximum Gasteiger partial charge on any atom is 0.261 e. The SMILES string of the molecule is CCCCN1CCCC(CC)C1.CS(=O)(=O)O. The van der Waals surface area contributed by atoms with Crippen molar-refractivity contribution >= 4 is 10.1 Å². The Bertz CT molecular complexity index is 269. The molecule has 17 heavy (non-hydrogen) atoms. The van der Waals surface area contributed by atoms with Gasteiger partial charge in [-0.25, -0.2) is 0 Å². The van der Waals surface area contributed by atoms with Gasteiger partial charge >= 0.3 is 0 Å². The van der Waals surface area contributed by atoms with Gasteiger partial charge in [0.1, 0.15) is 0 Å². The molecular formula is C12H27NO3S.